The standard InChI is InChI=1S/C10H12N4O3S/c1-7-5-10(13-17-7)14-18(15,16)8-3-4-12-9(6-8)11-2/h3-6H,1-2H3,(H,11,12)(H,13,14). The molecule has 0 aromatic carbocycles. The molecule has 0 atom stereocenters. The first-order chi connectivity index (χ1) is 8.51. The fourth-order valence-corrected chi connectivity index (χ4v) is 2.32. The minimum atomic E-state index is -3.69. The number of anilines is 2. The second-order valence-corrected chi connectivity index (χ2v) is 5.24. The van der Waals surface area contributed by atoms with Crippen molar-refractivity contribution in [3.05, 3.63) is 30.2 Å². The molecule has 2 aromatic heterocycles. The second-order valence-electron chi connectivity index (χ2n) is 3.56. The summed E-state index contributed by atoms with van der Waals surface area (Å²) in [6.45, 7) is 1.68. The van der Waals surface area contributed by atoms with E-state index in [0.29, 0.717) is 11.6 Å². The van der Waals surface area contributed by atoms with E-state index in [4.69, 9.17) is 4.52 Å². The van der Waals surface area contributed by atoms with E-state index in [1.54, 1.807) is 14.0 Å². The lowest BCUT2D eigenvalue weighted by Gasteiger charge is -2.06. The van der Waals surface area contributed by atoms with Gasteiger partial charge in [-0.05, 0) is 13.0 Å². The third-order valence-corrected chi connectivity index (χ3v) is 3.52. The zero-order valence-corrected chi connectivity index (χ0v) is 10.7. The molecule has 0 saturated carbocycles. The molecule has 2 heterocycles. The summed E-state index contributed by atoms with van der Waals surface area (Å²) in [5.74, 6) is 1.14. The summed E-state index contributed by atoms with van der Waals surface area (Å²) in [4.78, 5) is 4.04. The smallest absolute Gasteiger partial charge is 0.263 e. The van der Waals surface area contributed by atoms with Gasteiger partial charge in [0, 0.05) is 25.4 Å². The maximum absolute atomic E-state index is 12.0. The molecule has 0 saturated heterocycles. The summed E-state index contributed by atoms with van der Waals surface area (Å²) in [5.41, 5.74) is 0. The summed E-state index contributed by atoms with van der Waals surface area (Å²) in [6, 6.07) is 4.32. The van der Waals surface area contributed by atoms with Gasteiger partial charge in [-0.3, -0.25) is 4.72 Å². The van der Waals surface area contributed by atoms with Crippen LogP contribution in [0.15, 0.2) is 33.8 Å². The van der Waals surface area contributed by atoms with Crippen LogP contribution in [-0.4, -0.2) is 25.6 Å². The lowest BCUT2D eigenvalue weighted by atomic mass is 10.5. The lowest BCUT2D eigenvalue weighted by molar-refractivity contribution is 0.400. The lowest BCUT2D eigenvalue weighted by Crippen LogP contribution is -2.13. The van der Waals surface area contributed by atoms with Crippen LogP contribution in [0.2, 0.25) is 0 Å². The maximum atomic E-state index is 12.0. The number of rotatable bonds is 4. The van der Waals surface area contributed by atoms with Crippen molar-refractivity contribution in [2.75, 3.05) is 17.1 Å². The third-order valence-electron chi connectivity index (χ3n) is 2.16. The van der Waals surface area contributed by atoms with Crippen LogP contribution in [0.5, 0.6) is 0 Å². The van der Waals surface area contributed by atoms with Crippen molar-refractivity contribution < 1.29 is 12.9 Å². The van der Waals surface area contributed by atoms with E-state index in [-0.39, 0.29) is 10.7 Å². The number of hydrogen-bond donors (Lipinski definition) is 2. The molecule has 8 heteroatoms. The normalized spacial score (nSPS) is 11.2. The largest absolute Gasteiger partial charge is 0.373 e. The van der Waals surface area contributed by atoms with E-state index in [0.717, 1.165) is 0 Å². The number of aromatic nitrogens is 2. The van der Waals surface area contributed by atoms with Crippen molar-refractivity contribution in [3.63, 3.8) is 0 Å². The molecule has 0 aliphatic carbocycles. The molecule has 0 radical (unpaired) electrons. The Labute approximate surface area is 104 Å². The first kappa shape index (κ1) is 12.4. The Hall–Kier alpha value is -2.09. The molecule has 2 rings (SSSR count). The quantitative estimate of drug-likeness (QED) is 0.865. The predicted molar refractivity (Wildman–Crippen MR) is 65.8 cm³/mol. The van der Waals surface area contributed by atoms with Crippen molar-refractivity contribution in [3.8, 4) is 0 Å². The van der Waals surface area contributed by atoms with Crippen LogP contribution >= 0.6 is 0 Å². The van der Waals surface area contributed by atoms with Gasteiger partial charge in [-0.2, -0.15) is 0 Å². The van der Waals surface area contributed by atoms with Crippen LogP contribution in [0.1, 0.15) is 5.76 Å². The predicted octanol–water partition coefficient (Wildman–Crippen LogP) is 1.22. The van der Waals surface area contributed by atoms with E-state index in [9.17, 15) is 8.42 Å². The SMILES string of the molecule is CNc1cc(S(=O)(=O)Nc2cc(C)on2)ccn1. The first-order valence-corrected chi connectivity index (χ1v) is 6.59. The number of sulfonamides is 1. The topological polar surface area (TPSA) is 97.1 Å². The highest BCUT2D eigenvalue weighted by atomic mass is 32.2. The van der Waals surface area contributed by atoms with Crippen LogP contribution in [0.3, 0.4) is 0 Å². The number of nitrogens with zero attached hydrogens (tertiary/aromatic N) is 2. The number of aryl methyl sites for hydroxylation is 1. The monoisotopic (exact) mass is 268 g/mol. The number of pyridine rings is 1. The van der Waals surface area contributed by atoms with E-state index < -0.39 is 10.0 Å². The van der Waals surface area contributed by atoms with Gasteiger partial charge >= 0.3 is 0 Å². The molecule has 0 fully saturated rings. The fourth-order valence-electron chi connectivity index (χ4n) is 1.33. The molecule has 7 nitrogen and oxygen atoms in total. The highest BCUT2D eigenvalue weighted by Crippen LogP contribution is 2.17. The van der Waals surface area contributed by atoms with Crippen LogP contribution < -0.4 is 10.0 Å². The van der Waals surface area contributed by atoms with Gasteiger partial charge in [-0.1, -0.05) is 5.16 Å². The summed E-state index contributed by atoms with van der Waals surface area (Å²) in [7, 11) is -2.03. The average molecular weight is 268 g/mol. The van der Waals surface area contributed by atoms with Crippen LogP contribution in [0, 0.1) is 6.92 Å². The van der Waals surface area contributed by atoms with Gasteiger partial charge in [0.05, 0.1) is 4.90 Å². The molecule has 0 bridgehead atoms. The van der Waals surface area contributed by atoms with E-state index in [2.05, 4.69) is 20.2 Å². The summed E-state index contributed by atoms with van der Waals surface area (Å²) in [5, 5.41) is 6.34. The van der Waals surface area contributed by atoms with Crippen LogP contribution in [-0.2, 0) is 10.0 Å². The summed E-state index contributed by atoms with van der Waals surface area (Å²) >= 11 is 0. The van der Waals surface area contributed by atoms with Crippen molar-refractivity contribution in [1.29, 1.82) is 0 Å². The molecule has 2 aromatic rings. The third kappa shape index (κ3) is 2.59. The number of hydrogen-bond acceptors (Lipinski definition) is 6. The van der Waals surface area contributed by atoms with Gasteiger partial charge in [0.25, 0.3) is 10.0 Å². The van der Waals surface area contributed by atoms with Crippen molar-refractivity contribution >= 4 is 21.7 Å². The van der Waals surface area contributed by atoms with E-state index in [1.165, 1.54) is 24.4 Å². The molecule has 18 heavy (non-hydrogen) atoms. The molecule has 2 N–H and O–H groups in total. The van der Waals surface area contributed by atoms with Crippen molar-refractivity contribution in [1.82, 2.24) is 10.1 Å². The van der Waals surface area contributed by atoms with Crippen LogP contribution in [0.4, 0.5) is 11.6 Å². The summed E-state index contributed by atoms with van der Waals surface area (Å²) < 4.78 is 31.2. The highest BCUT2D eigenvalue weighted by molar-refractivity contribution is 7.92. The summed E-state index contributed by atoms with van der Waals surface area (Å²) in [6.07, 6.45) is 1.41. The van der Waals surface area contributed by atoms with E-state index >= 15 is 0 Å². The molecule has 96 valence electrons. The van der Waals surface area contributed by atoms with Gasteiger partial charge < -0.3 is 9.84 Å². The Morgan fingerprint density at radius 2 is 2.06 bits per heavy atom. The Kier molecular flexibility index (Phi) is 3.19. The zero-order chi connectivity index (χ0) is 13.2. The minimum absolute atomic E-state index is 0.0995. The second kappa shape index (κ2) is 4.65. The average Bonchev–Trinajstić information content (AvgIpc) is 2.74. The fraction of sp³-hybridized carbons (Fsp3) is 0.200. The molecule has 0 aliphatic heterocycles. The molecular weight excluding hydrogens is 256 g/mol. The maximum Gasteiger partial charge on any atom is 0.263 e. The van der Waals surface area contributed by atoms with E-state index in [1.807, 2.05) is 0 Å². The van der Waals surface area contributed by atoms with Gasteiger partial charge in [0.2, 0.25) is 0 Å². The van der Waals surface area contributed by atoms with Gasteiger partial charge in [-0.15, -0.1) is 0 Å². The van der Waals surface area contributed by atoms with Gasteiger partial charge in [-0.25, -0.2) is 13.4 Å². The molecule has 0 aliphatic rings. The Morgan fingerprint density at radius 1 is 1.28 bits per heavy atom. The van der Waals surface area contributed by atoms with Crippen molar-refractivity contribution in [2.45, 2.75) is 11.8 Å². The zero-order valence-electron chi connectivity index (χ0n) is 9.84. The van der Waals surface area contributed by atoms with Gasteiger partial charge in [0.1, 0.15) is 11.6 Å². The molecule has 0 unspecified atom stereocenters. The first-order valence-electron chi connectivity index (χ1n) is 5.11. The minimum Gasteiger partial charge on any atom is -0.373 e. The Morgan fingerprint density at radius 3 is 2.67 bits per heavy atom. The van der Waals surface area contributed by atoms with Gasteiger partial charge in [0.15, 0.2) is 5.82 Å². The van der Waals surface area contributed by atoms with Crippen molar-refractivity contribution in [2.24, 2.45) is 0 Å². The van der Waals surface area contributed by atoms with Crippen LogP contribution in [0.25, 0.3) is 0 Å². The highest BCUT2D eigenvalue weighted by Gasteiger charge is 2.16. The Balaban J connectivity index is 2.30. The molecular formula is C10H12N4O3S. The number of nitrogens with one attached hydrogen (secondary N) is 2. The Bertz CT molecular complexity index is 651. The molecule has 0 amide bonds. The molecule has 0 spiro atoms.